The number of hydrogen-bond acceptors (Lipinski definition) is 2. The van der Waals surface area contributed by atoms with Crippen LogP contribution in [0.15, 0.2) is 6.20 Å². The molecule has 0 fully saturated rings. The third kappa shape index (κ3) is 7.88. The van der Waals surface area contributed by atoms with Crippen molar-refractivity contribution < 1.29 is 0 Å². The zero-order valence-electron chi connectivity index (χ0n) is 13.2. The second-order valence-corrected chi connectivity index (χ2v) is 6.36. The number of aryl methyl sites for hydroxylation is 1. The van der Waals surface area contributed by atoms with Crippen molar-refractivity contribution in [1.82, 2.24) is 15.0 Å². The van der Waals surface area contributed by atoms with Crippen LogP contribution in [0.25, 0.3) is 0 Å². The number of unbranched alkanes of at least 4 members (excludes halogenated alkanes) is 9. The molecule has 1 atom stereocenters. The Bertz CT molecular complexity index is 336. The highest BCUT2D eigenvalue weighted by Gasteiger charge is 2.05. The van der Waals surface area contributed by atoms with E-state index < -0.39 is 0 Å². The molecule has 0 amide bonds. The molecule has 1 aromatic rings. The summed E-state index contributed by atoms with van der Waals surface area (Å²) in [5.41, 5.74) is 0.874. The van der Waals surface area contributed by atoms with Crippen LogP contribution in [-0.2, 0) is 6.54 Å². The first-order valence-corrected chi connectivity index (χ1v) is 8.71. The van der Waals surface area contributed by atoms with Crippen LogP contribution >= 0.6 is 11.6 Å². The van der Waals surface area contributed by atoms with Crippen LogP contribution in [0.2, 0.25) is 0 Å². The summed E-state index contributed by atoms with van der Waals surface area (Å²) in [5.74, 6) is 0. The summed E-state index contributed by atoms with van der Waals surface area (Å²) >= 11 is 5.96. The maximum absolute atomic E-state index is 5.96. The van der Waals surface area contributed by atoms with Crippen molar-refractivity contribution in [3.8, 4) is 0 Å². The van der Waals surface area contributed by atoms with Crippen LogP contribution in [0.1, 0.15) is 89.1 Å². The Kier molecular flexibility index (Phi) is 9.73. The van der Waals surface area contributed by atoms with Crippen molar-refractivity contribution in [2.24, 2.45) is 0 Å². The zero-order valence-corrected chi connectivity index (χ0v) is 13.9. The van der Waals surface area contributed by atoms with E-state index in [1.807, 2.05) is 17.8 Å². The quantitative estimate of drug-likeness (QED) is 0.377. The standard InChI is InChI=1S/C16H30ClN3/c1-3-4-5-6-7-8-9-10-11-12-13-20-14-16(15(2)17)18-19-20/h14-15H,3-13H2,1-2H3. The topological polar surface area (TPSA) is 30.7 Å². The fraction of sp³-hybridized carbons (Fsp3) is 0.875. The molecule has 0 saturated carbocycles. The lowest BCUT2D eigenvalue weighted by Gasteiger charge is -2.02. The highest BCUT2D eigenvalue weighted by molar-refractivity contribution is 6.20. The molecule has 4 heteroatoms. The normalized spacial score (nSPS) is 12.8. The van der Waals surface area contributed by atoms with Gasteiger partial charge in [-0.1, -0.05) is 69.9 Å². The molecular weight excluding hydrogens is 270 g/mol. The van der Waals surface area contributed by atoms with E-state index in [0.29, 0.717) is 0 Å². The Balaban J connectivity index is 1.91. The summed E-state index contributed by atoms with van der Waals surface area (Å²) < 4.78 is 1.92. The Hall–Kier alpha value is -0.570. The smallest absolute Gasteiger partial charge is 0.100 e. The minimum atomic E-state index is -0.0449. The van der Waals surface area contributed by atoms with Gasteiger partial charge in [0.2, 0.25) is 0 Å². The molecular formula is C16H30ClN3. The summed E-state index contributed by atoms with van der Waals surface area (Å²) in [6, 6.07) is 0. The lowest BCUT2D eigenvalue weighted by molar-refractivity contribution is 0.507. The van der Waals surface area contributed by atoms with Crippen LogP contribution in [-0.4, -0.2) is 15.0 Å². The predicted molar refractivity (Wildman–Crippen MR) is 86.1 cm³/mol. The number of halogens is 1. The van der Waals surface area contributed by atoms with Crippen LogP contribution < -0.4 is 0 Å². The van der Waals surface area contributed by atoms with E-state index in [4.69, 9.17) is 11.6 Å². The summed E-state index contributed by atoms with van der Waals surface area (Å²) in [5, 5.41) is 8.11. The van der Waals surface area contributed by atoms with Gasteiger partial charge in [-0.05, 0) is 13.3 Å². The van der Waals surface area contributed by atoms with Crippen molar-refractivity contribution in [2.45, 2.75) is 90.0 Å². The Morgan fingerprint density at radius 1 is 1.00 bits per heavy atom. The van der Waals surface area contributed by atoms with Gasteiger partial charge in [-0.25, -0.2) is 0 Å². The molecule has 116 valence electrons. The molecule has 3 nitrogen and oxygen atoms in total. The lowest BCUT2D eigenvalue weighted by Crippen LogP contribution is -1.98. The first-order valence-electron chi connectivity index (χ1n) is 8.28. The van der Waals surface area contributed by atoms with E-state index in [2.05, 4.69) is 17.2 Å². The van der Waals surface area contributed by atoms with Gasteiger partial charge in [0.25, 0.3) is 0 Å². The van der Waals surface area contributed by atoms with E-state index in [1.165, 1.54) is 64.2 Å². The van der Waals surface area contributed by atoms with Crippen molar-refractivity contribution in [2.75, 3.05) is 0 Å². The third-order valence-corrected chi connectivity index (χ3v) is 3.93. The molecule has 0 radical (unpaired) electrons. The highest BCUT2D eigenvalue weighted by Crippen LogP contribution is 2.16. The van der Waals surface area contributed by atoms with E-state index in [1.54, 1.807) is 0 Å². The zero-order chi connectivity index (χ0) is 14.6. The number of rotatable bonds is 12. The highest BCUT2D eigenvalue weighted by atomic mass is 35.5. The monoisotopic (exact) mass is 299 g/mol. The van der Waals surface area contributed by atoms with Crippen LogP contribution in [0.5, 0.6) is 0 Å². The van der Waals surface area contributed by atoms with Gasteiger partial charge in [0.05, 0.1) is 5.38 Å². The fourth-order valence-corrected chi connectivity index (χ4v) is 2.47. The summed E-state index contributed by atoms with van der Waals surface area (Å²) in [7, 11) is 0. The molecule has 0 saturated heterocycles. The minimum Gasteiger partial charge on any atom is -0.252 e. The maximum Gasteiger partial charge on any atom is 0.100 e. The molecule has 0 aliphatic rings. The van der Waals surface area contributed by atoms with E-state index in [0.717, 1.165) is 12.2 Å². The van der Waals surface area contributed by atoms with Crippen molar-refractivity contribution in [3.05, 3.63) is 11.9 Å². The SMILES string of the molecule is CCCCCCCCCCCCn1cc(C(C)Cl)nn1. The van der Waals surface area contributed by atoms with Gasteiger partial charge in [-0.2, -0.15) is 0 Å². The van der Waals surface area contributed by atoms with Gasteiger partial charge in [-0.3, -0.25) is 4.68 Å². The van der Waals surface area contributed by atoms with Gasteiger partial charge < -0.3 is 0 Å². The molecule has 1 heterocycles. The number of alkyl halides is 1. The van der Waals surface area contributed by atoms with E-state index >= 15 is 0 Å². The Morgan fingerprint density at radius 3 is 2.05 bits per heavy atom. The largest absolute Gasteiger partial charge is 0.252 e. The Morgan fingerprint density at radius 2 is 1.55 bits per heavy atom. The van der Waals surface area contributed by atoms with Crippen LogP contribution in [0, 0.1) is 0 Å². The van der Waals surface area contributed by atoms with Gasteiger partial charge in [0, 0.05) is 12.7 Å². The van der Waals surface area contributed by atoms with E-state index in [-0.39, 0.29) is 5.38 Å². The first-order chi connectivity index (χ1) is 9.74. The molecule has 0 bridgehead atoms. The molecule has 1 aromatic heterocycles. The van der Waals surface area contributed by atoms with Gasteiger partial charge in [-0.15, -0.1) is 16.7 Å². The minimum absolute atomic E-state index is 0.0449. The van der Waals surface area contributed by atoms with Gasteiger partial charge >= 0.3 is 0 Å². The van der Waals surface area contributed by atoms with Gasteiger partial charge in [0.15, 0.2) is 0 Å². The Labute approximate surface area is 129 Å². The summed E-state index contributed by atoms with van der Waals surface area (Å²) in [6.07, 6.45) is 15.6. The van der Waals surface area contributed by atoms with Crippen LogP contribution in [0.4, 0.5) is 0 Å². The van der Waals surface area contributed by atoms with Crippen LogP contribution in [0.3, 0.4) is 0 Å². The molecule has 20 heavy (non-hydrogen) atoms. The summed E-state index contributed by atoms with van der Waals surface area (Å²) in [4.78, 5) is 0. The number of hydrogen-bond donors (Lipinski definition) is 0. The predicted octanol–water partition coefficient (Wildman–Crippen LogP) is 5.50. The second kappa shape index (κ2) is 11.1. The molecule has 0 aliphatic carbocycles. The van der Waals surface area contributed by atoms with E-state index in [9.17, 15) is 0 Å². The molecule has 1 unspecified atom stereocenters. The number of nitrogens with zero attached hydrogens (tertiary/aromatic N) is 3. The lowest BCUT2D eigenvalue weighted by atomic mass is 10.1. The van der Waals surface area contributed by atoms with Crippen molar-refractivity contribution >= 4 is 11.6 Å². The van der Waals surface area contributed by atoms with Crippen molar-refractivity contribution in [1.29, 1.82) is 0 Å². The number of aromatic nitrogens is 3. The molecule has 1 rings (SSSR count). The molecule has 0 N–H and O–H groups in total. The molecule has 0 aliphatic heterocycles. The second-order valence-electron chi connectivity index (χ2n) is 5.70. The van der Waals surface area contributed by atoms with Gasteiger partial charge in [0.1, 0.15) is 5.69 Å². The summed E-state index contributed by atoms with van der Waals surface area (Å²) in [6.45, 7) is 5.16. The first kappa shape index (κ1) is 17.5. The maximum atomic E-state index is 5.96. The average Bonchev–Trinajstić information content (AvgIpc) is 2.90. The molecule has 0 spiro atoms. The fourth-order valence-electron chi connectivity index (χ4n) is 2.37. The average molecular weight is 300 g/mol. The third-order valence-electron chi connectivity index (χ3n) is 3.70. The van der Waals surface area contributed by atoms with Crippen molar-refractivity contribution in [3.63, 3.8) is 0 Å². The molecule has 0 aromatic carbocycles.